The van der Waals surface area contributed by atoms with Crippen LogP contribution in [-0.2, 0) is 7.05 Å². The van der Waals surface area contributed by atoms with Crippen molar-refractivity contribution in [3.63, 3.8) is 0 Å². The van der Waals surface area contributed by atoms with Crippen LogP contribution in [0.15, 0.2) is 24.3 Å². The fourth-order valence-electron chi connectivity index (χ4n) is 2.24. The summed E-state index contributed by atoms with van der Waals surface area (Å²) in [5, 5.41) is 1.07. The molecule has 0 bridgehead atoms. The SMILES string of the molecule is CC(=O)c1cccc2c1cc(C(C)C)n2C. The van der Waals surface area contributed by atoms with Gasteiger partial charge in [-0.1, -0.05) is 26.0 Å². The van der Waals surface area contributed by atoms with Crippen molar-refractivity contribution < 1.29 is 4.79 Å². The van der Waals surface area contributed by atoms with Gasteiger partial charge in [0.2, 0.25) is 0 Å². The minimum Gasteiger partial charge on any atom is -0.347 e. The minimum atomic E-state index is 0.131. The predicted molar refractivity (Wildman–Crippen MR) is 67.0 cm³/mol. The molecule has 0 saturated carbocycles. The van der Waals surface area contributed by atoms with Crippen LogP contribution in [0, 0.1) is 0 Å². The molecule has 0 atom stereocenters. The fraction of sp³-hybridized carbons (Fsp3) is 0.357. The maximum atomic E-state index is 11.5. The summed E-state index contributed by atoms with van der Waals surface area (Å²) in [6.07, 6.45) is 0. The monoisotopic (exact) mass is 215 g/mol. The molecule has 0 aliphatic carbocycles. The maximum absolute atomic E-state index is 11.5. The van der Waals surface area contributed by atoms with E-state index in [-0.39, 0.29) is 5.78 Å². The summed E-state index contributed by atoms with van der Waals surface area (Å²) in [6, 6.07) is 8.04. The first-order chi connectivity index (χ1) is 7.52. The van der Waals surface area contributed by atoms with Gasteiger partial charge >= 0.3 is 0 Å². The van der Waals surface area contributed by atoms with Gasteiger partial charge in [-0.05, 0) is 25.0 Å². The van der Waals surface area contributed by atoms with E-state index in [1.807, 2.05) is 12.1 Å². The number of hydrogen-bond acceptors (Lipinski definition) is 1. The van der Waals surface area contributed by atoms with Crippen molar-refractivity contribution in [1.29, 1.82) is 0 Å². The van der Waals surface area contributed by atoms with Gasteiger partial charge in [-0.15, -0.1) is 0 Å². The van der Waals surface area contributed by atoms with Gasteiger partial charge in [-0.2, -0.15) is 0 Å². The lowest BCUT2D eigenvalue weighted by Gasteiger charge is -2.06. The third-order valence-corrected chi connectivity index (χ3v) is 3.09. The number of carbonyl (C=O) groups excluding carboxylic acids is 1. The number of nitrogens with zero attached hydrogens (tertiary/aromatic N) is 1. The van der Waals surface area contributed by atoms with Crippen LogP contribution in [-0.4, -0.2) is 10.4 Å². The first-order valence-electron chi connectivity index (χ1n) is 5.61. The molecule has 2 aromatic rings. The summed E-state index contributed by atoms with van der Waals surface area (Å²) < 4.78 is 2.17. The second-order valence-electron chi connectivity index (χ2n) is 4.58. The quantitative estimate of drug-likeness (QED) is 0.703. The number of benzene rings is 1. The molecule has 2 rings (SSSR count). The number of aryl methyl sites for hydroxylation is 1. The predicted octanol–water partition coefficient (Wildman–Crippen LogP) is 3.50. The molecule has 1 aromatic heterocycles. The molecule has 0 aliphatic rings. The van der Waals surface area contributed by atoms with Crippen molar-refractivity contribution in [2.24, 2.45) is 7.05 Å². The molecule has 2 nitrogen and oxygen atoms in total. The highest BCUT2D eigenvalue weighted by Crippen LogP contribution is 2.26. The van der Waals surface area contributed by atoms with Crippen molar-refractivity contribution >= 4 is 16.7 Å². The van der Waals surface area contributed by atoms with Crippen molar-refractivity contribution in [3.05, 3.63) is 35.5 Å². The van der Waals surface area contributed by atoms with Crippen LogP contribution < -0.4 is 0 Å². The molecule has 0 saturated heterocycles. The van der Waals surface area contributed by atoms with Gasteiger partial charge in [0, 0.05) is 29.2 Å². The van der Waals surface area contributed by atoms with Crippen molar-refractivity contribution in [3.8, 4) is 0 Å². The molecule has 84 valence electrons. The van der Waals surface area contributed by atoms with Crippen molar-refractivity contribution in [2.75, 3.05) is 0 Å². The summed E-state index contributed by atoms with van der Waals surface area (Å²) in [5.41, 5.74) is 3.22. The largest absolute Gasteiger partial charge is 0.347 e. The standard InChI is InChI=1S/C14H17NO/c1-9(2)14-8-12-11(10(3)16)6-5-7-13(12)15(14)4/h5-9H,1-4H3. The first-order valence-corrected chi connectivity index (χ1v) is 5.61. The van der Waals surface area contributed by atoms with Crippen LogP contribution in [0.5, 0.6) is 0 Å². The number of rotatable bonds is 2. The Morgan fingerprint density at radius 2 is 2.00 bits per heavy atom. The van der Waals surface area contributed by atoms with Gasteiger partial charge < -0.3 is 4.57 Å². The van der Waals surface area contributed by atoms with Crippen LogP contribution in [0.4, 0.5) is 0 Å². The highest BCUT2D eigenvalue weighted by atomic mass is 16.1. The summed E-state index contributed by atoms with van der Waals surface area (Å²) in [4.78, 5) is 11.5. The Morgan fingerprint density at radius 1 is 1.31 bits per heavy atom. The zero-order valence-corrected chi connectivity index (χ0v) is 10.2. The van der Waals surface area contributed by atoms with Gasteiger partial charge in [0.1, 0.15) is 0 Å². The van der Waals surface area contributed by atoms with Gasteiger partial charge in [-0.25, -0.2) is 0 Å². The summed E-state index contributed by atoms with van der Waals surface area (Å²) >= 11 is 0. The summed E-state index contributed by atoms with van der Waals surface area (Å²) in [5.74, 6) is 0.601. The molecule has 0 radical (unpaired) electrons. The van der Waals surface area contributed by atoms with E-state index >= 15 is 0 Å². The van der Waals surface area contributed by atoms with Crippen LogP contribution in [0.1, 0.15) is 42.7 Å². The van der Waals surface area contributed by atoms with Crippen molar-refractivity contribution in [2.45, 2.75) is 26.7 Å². The molecule has 1 aromatic carbocycles. The Morgan fingerprint density at radius 3 is 2.56 bits per heavy atom. The normalized spacial score (nSPS) is 11.3. The summed E-state index contributed by atoms with van der Waals surface area (Å²) in [7, 11) is 2.06. The highest BCUT2D eigenvalue weighted by Gasteiger charge is 2.12. The van der Waals surface area contributed by atoms with Gasteiger partial charge in [0.15, 0.2) is 5.78 Å². The Bertz CT molecular complexity index is 549. The third-order valence-electron chi connectivity index (χ3n) is 3.09. The van der Waals surface area contributed by atoms with E-state index in [0.717, 1.165) is 16.5 Å². The molecular formula is C14H17NO. The minimum absolute atomic E-state index is 0.131. The van der Waals surface area contributed by atoms with E-state index < -0.39 is 0 Å². The Labute approximate surface area is 95.9 Å². The Hall–Kier alpha value is -1.57. The molecule has 0 amide bonds. The molecule has 0 N–H and O–H groups in total. The number of Topliss-reactive ketones (excluding diaryl/α,β-unsaturated/α-hetero) is 1. The molecule has 16 heavy (non-hydrogen) atoms. The lowest BCUT2D eigenvalue weighted by Crippen LogP contribution is -1.97. The van der Waals surface area contributed by atoms with Gasteiger partial charge in [0.05, 0.1) is 0 Å². The molecular weight excluding hydrogens is 198 g/mol. The lowest BCUT2D eigenvalue weighted by atomic mass is 10.1. The van der Waals surface area contributed by atoms with Gasteiger partial charge in [0.25, 0.3) is 0 Å². The smallest absolute Gasteiger partial charge is 0.160 e. The second kappa shape index (κ2) is 3.78. The number of hydrogen-bond donors (Lipinski definition) is 0. The zero-order valence-electron chi connectivity index (χ0n) is 10.2. The van der Waals surface area contributed by atoms with Crippen LogP contribution in [0.2, 0.25) is 0 Å². The van der Waals surface area contributed by atoms with E-state index in [4.69, 9.17) is 0 Å². The highest BCUT2D eigenvalue weighted by molar-refractivity contribution is 6.06. The molecule has 0 spiro atoms. The maximum Gasteiger partial charge on any atom is 0.160 e. The molecule has 2 heteroatoms. The molecule has 0 fully saturated rings. The Balaban J connectivity index is 2.80. The van der Waals surface area contributed by atoms with Crippen LogP contribution >= 0.6 is 0 Å². The average molecular weight is 215 g/mol. The van der Waals surface area contributed by atoms with E-state index in [2.05, 4.69) is 37.6 Å². The summed E-state index contributed by atoms with van der Waals surface area (Å²) in [6.45, 7) is 5.96. The van der Waals surface area contributed by atoms with E-state index in [0.29, 0.717) is 5.92 Å². The number of ketones is 1. The molecule has 0 unspecified atom stereocenters. The van der Waals surface area contributed by atoms with E-state index in [1.54, 1.807) is 6.92 Å². The first kappa shape index (κ1) is 10.9. The third kappa shape index (κ3) is 1.54. The lowest BCUT2D eigenvalue weighted by molar-refractivity contribution is 0.101. The van der Waals surface area contributed by atoms with Crippen LogP contribution in [0.25, 0.3) is 10.9 Å². The average Bonchev–Trinajstić information content (AvgIpc) is 2.56. The number of aromatic nitrogens is 1. The Kier molecular flexibility index (Phi) is 2.58. The molecule has 0 aliphatic heterocycles. The fourth-order valence-corrected chi connectivity index (χ4v) is 2.24. The molecule has 1 heterocycles. The number of fused-ring (bicyclic) bond motifs is 1. The van der Waals surface area contributed by atoms with Crippen LogP contribution in [0.3, 0.4) is 0 Å². The topological polar surface area (TPSA) is 22.0 Å². The van der Waals surface area contributed by atoms with E-state index in [9.17, 15) is 4.79 Å². The van der Waals surface area contributed by atoms with E-state index in [1.165, 1.54) is 5.69 Å². The van der Waals surface area contributed by atoms with Crippen molar-refractivity contribution in [1.82, 2.24) is 4.57 Å². The zero-order chi connectivity index (χ0) is 11.9. The number of carbonyl (C=O) groups is 1. The second-order valence-corrected chi connectivity index (χ2v) is 4.58. The van der Waals surface area contributed by atoms with Gasteiger partial charge in [-0.3, -0.25) is 4.79 Å².